The van der Waals surface area contributed by atoms with Crippen LogP contribution in [0.3, 0.4) is 0 Å². The number of likely N-dealkylation sites (tertiary alicyclic amines) is 1. The minimum atomic E-state index is -0.574. The number of nitrogens with zero attached hydrogens (tertiary/aromatic N) is 1. The number of alkyl carbamates (subject to hydrolysis) is 1. The molecule has 3 rings (SSSR count). The predicted molar refractivity (Wildman–Crippen MR) is 120 cm³/mol. The number of hydrogen-bond donors (Lipinski definition) is 1. The summed E-state index contributed by atoms with van der Waals surface area (Å²) in [5.41, 5.74) is 1.15. The number of nitrogens with one attached hydrogen (secondary N) is 1. The van der Waals surface area contributed by atoms with Gasteiger partial charge in [-0.3, -0.25) is 4.90 Å². The summed E-state index contributed by atoms with van der Waals surface area (Å²) in [6.07, 6.45) is -0.453. The second-order valence-corrected chi connectivity index (χ2v) is 9.02. The summed E-state index contributed by atoms with van der Waals surface area (Å²) in [5.74, 6) is -0.391. The van der Waals surface area contributed by atoms with Gasteiger partial charge in [0.25, 0.3) is 0 Å². The van der Waals surface area contributed by atoms with Crippen molar-refractivity contribution in [2.75, 3.05) is 19.7 Å². The van der Waals surface area contributed by atoms with E-state index in [0.29, 0.717) is 18.7 Å². The topological polar surface area (TPSA) is 67.9 Å². The van der Waals surface area contributed by atoms with E-state index < -0.39 is 11.7 Å². The van der Waals surface area contributed by atoms with Crippen LogP contribution in [0.2, 0.25) is 0 Å². The third kappa shape index (κ3) is 6.56. The smallest absolute Gasteiger partial charge is 0.407 e. The standard InChI is InChI=1S/C25H32N2O4/c1-18(19-11-7-5-8-12-19)27-15-21(17-30-23(28)20-13-9-6-10-14-20)22(16-27)26-24(29)31-25(2,3)4/h5-14,18,21-22H,15-17H2,1-4H3,(H,26,29)/t18-,21?,22?/m0/s1. The Morgan fingerprint density at radius 1 is 1.03 bits per heavy atom. The van der Waals surface area contributed by atoms with Crippen LogP contribution in [-0.4, -0.2) is 48.3 Å². The van der Waals surface area contributed by atoms with Gasteiger partial charge in [0.15, 0.2) is 0 Å². The van der Waals surface area contributed by atoms with Crippen molar-refractivity contribution >= 4 is 12.1 Å². The van der Waals surface area contributed by atoms with E-state index in [1.807, 2.05) is 57.2 Å². The third-order valence-electron chi connectivity index (χ3n) is 5.44. The molecule has 0 spiro atoms. The van der Waals surface area contributed by atoms with E-state index in [9.17, 15) is 9.59 Å². The molecule has 6 heteroatoms. The molecule has 2 aromatic rings. The van der Waals surface area contributed by atoms with Crippen LogP contribution in [0, 0.1) is 5.92 Å². The van der Waals surface area contributed by atoms with Crippen molar-refractivity contribution < 1.29 is 19.1 Å². The minimum absolute atomic E-state index is 0.0358. The Hall–Kier alpha value is -2.86. The van der Waals surface area contributed by atoms with Crippen molar-refractivity contribution in [1.29, 1.82) is 0 Å². The molecule has 1 aliphatic rings. The molecule has 0 bridgehead atoms. The van der Waals surface area contributed by atoms with Crippen LogP contribution >= 0.6 is 0 Å². The van der Waals surface area contributed by atoms with E-state index in [-0.39, 0.29) is 30.6 Å². The monoisotopic (exact) mass is 424 g/mol. The van der Waals surface area contributed by atoms with Gasteiger partial charge in [-0.05, 0) is 45.4 Å². The van der Waals surface area contributed by atoms with Gasteiger partial charge in [-0.15, -0.1) is 0 Å². The lowest BCUT2D eigenvalue weighted by Crippen LogP contribution is -2.44. The van der Waals surface area contributed by atoms with E-state index in [1.54, 1.807) is 12.1 Å². The molecule has 0 aromatic heterocycles. The zero-order valence-electron chi connectivity index (χ0n) is 18.7. The molecule has 1 amide bonds. The van der Waals surface area contributed by atoms with Crippen molar-refractivity contribution in [3.63, 3.8) is 0 Å². The predicted octanol–water partition coefficient (Wildman–Crippen LogP) is 4.43. The van der Waals surface area contributed by atoms with Crippen molar-refractivity contribution in [2.24, 2.45) is 5.92 Å². The van der Waals surface area contributed by atoms with Crippen molar-refractivity contribution in [3.8, 4) is 0 Å². The molecular formula is C25H32N2O4. The molecule has 1 N–H and O–H groups in total. The summed E-state index contributed by atoms with van der Waals surface area (Å²) in [5, 5.41) is 2.99. The van der Waals surface area contributed by atoms with Crippen LogP contribution in [0.5, 0.6) is 0 Å². The summed E-state index contributed by atoms with van der Waals surface area (Å²) in [7, 11) is 0. The van der Waals surface area contributed by atoms with Crippen LogP contribution in [0.25, 0.3) is 0 Å². The quantitative estimate of drug-likeness (QED) is 0.695. The number of amides is 1. The Morgan fingerprint density at radius 3 is 2.26 bits per heavy atom. The van der Waals surface area contributed by atoms with Crippen LogP contribution < -0.4 is 5.32 Å². The van der Waals surface area contributed by atoms with Gasteiger partial charge in [-0.2, -0.15) is 0 Å². The summed E-state index contributed by atoms with van der Waals surface area (Å²) >= 11 is 0. The zero-order valence-corrected chi connectivity index (χ0v) is 18.7. The largest absolute Gasteiger partial charge is 0.462 e. The highest BCUT2D eigenvalue weighted by molar-refractivity contribution is 5.89. The molecule has 166 valence electrons. The highest BCUT2D eigenvalue weighted by Crippen LogP contribution is 2.28. The number of hydrogen-bond acceptors (Lipinski definition) is 5. The fourth-order valence-corrected chi connectivity index (χ4v) is 3.79. The Kier molecular flexibility index (Phi) is 7.33. The molecule has 1 heterocycles. The fraction of sp³-hybridized carbons (Fsp3) is 0.440. The maximum atomic E-state index is 12.4. The van der Waals surface area contributed by atoms with E-state index in [4.69, 9.17) is 9.47 Å². The van der Waals surface area contributed by atoms with Gasteiger partial charge >= 0.3 is 12.1 Å². The molecule has 0 aliphatic carbocycles. The number of carbonyl (C=O) groups excluding carboxylic acids is 2. The van der Waals surface area contributed by atoms with Gasteiger partial charge in [0.05, 0.1) is 18.2 Å². The van der Waals surface area contributed by atoms with Crippen LogP contribution in [0.4, 0.5) is 4.79 Å². The van der Waals surface area contributed by atoms with E-state index in [1.165, 1.54) is 5.56 Å². The number of benzene rings is 2. The molecule has 6 nitrogen and oxygen atoms in total. The minimum Gasteiger partial charge on any atom is -0.462 e. The first-order valence-corrected chi connectivity index (χ1v) is 10.7. The van der Waals surface area contributed by atoms with Gasteiger partial charge in [0.1, 0.15) is 5.60 Å². The first-order valence-electron chi connectivity index (χ1n) is 10.7. The van der Waals surface area contributed by atoms with Crippen LogP contribution in [0.1, 0.15) is 49.7 Å². The molecule has 0 radical (unpaired) electrons. The SMILES string of the molecule is C[C@@H](c1ccccc1)N1CC(COC(=O)c2ccccc2)C(NC(=O)OC(C)(C)C)C1. The van der Waals surface area contributed by atoms with E-state index >= 15 is 0 Å². The summed E-state index contributed by atoms with van der Waals surface area (Å²) < 4.78 is 11.0. The van der Waals surface area contributed by atoms with Gasteiger partial charge in [-0.1, -0.05) is 48.5 Å². The molecule has 31 heavy (non-hydrogen) atoms. The average molecular weight is 425 g/mol. The fourth-order valence-electron chi connectivity index (χ4n) is 3.79. The summed E-state index contributed by atoms with van der Waals surface area (Å²) in [6, 6.07) is 19.2. The zero-order chi connectivity index (χ0) is 22.4. The Bertz CT molecular complexity index is 864. The number of ether oxygens (including phenoxy) is 2. The molecule has 0 saturated carbocycles. The molecule has 1 fully saturated rings. The maximum Gasteiger partial charge on any atom is 0.407 e. The third-order valence-corrected chi connectivity index (χ3v) is 5.44. The van der Waals surface area contributed by atoms with Gasteiger partial charge < -0.3 is 14.8 Å². The highest BCUT2D eigenvalue weighted by atomic mass is 16.6. The lowest BCUT2D eigenvalue weighted by Gasteiger charge is -2.25. The highest BCUT2D eigenvalue weighted by Gasteiger charge is 2.37. The van der Waals surface area contributed by atoms with Gasteiger partial charge in [-0.25, -0.2) is 9.59 Å². The molecule has 1 aliphatic heterocycles. The number of carbonyl (C=O) groups is 2. The number of rotatable bonds is 6. The summed E-state index contributed by atoms with van der Waals surface area (Å²) in [6.45, 7) is 9.25. The first kappa shape index (κ1) is 22.8. The van der Waals surface area contributed by atoms with E-state index in [0.717, 1.165) is 0 Å². The van der Waals surface area contributed by atoms with E-state index in [2.05, 4.69) is 29.3 Å². The van der Waals surface area contributed by atoms with Crippen molar-refractivity contribution in [1.82, 2.24) is 10.2 Å². The Balaban J connectivity index is 1.68. The lowest BCUT2D eigenvalue weighted by molar-refractivity contribution is 0.0397. The normalized spacial score (nSPS) is 20.1. The Labute approximate surface area is 184 Å². The maximum absolute atomic E-state index is 12.4. The Morgan fingerprint density at radius 2 is 1.65 bits per heavy atom. The van der Waals surface area contributed by atoms with Gasteiger partial charge in [0, 0.05) is 25.0 Å². The van der Waals surface area contributed by atoms with Crippen LogP contribution in [0.15, 0.2) is 60.7 Å². The van der Waals surface area contributed by atoms with Crippen molar-refractivity contribution in [3.05, 3.63) is 71.8 Å². The second-order valence-electron chi connectivity index (χ2n) is 9.02. The van der Waals surface area contributed by atoms with Gasteiger partial charge in [0.2, 0.25) is 0 Å². The lowest BCUT2D eigenvalue weighted by atomic mass is 10.1. The molecule has 3 atom stereocenters. The molecule has 2 aromatic carbocycles. The first-order chi connectivity index (χ1) is 14.7. The van der Waals surface area contributed by atoms with Crippen molar-refractivity contribution in [2.45, 2.75) is 45.4 Å². The average Bonchev–Trinajstić information content (AvgIpc) is 3.13. The molecule has 2 unspecified atom stereocenters. The number of esters is 1. The van der Waals surface area contributed by atoms with Crippen LogP contribution in [-0.2, 0) is 9.47 Å². The summed E-state index contributed by atoms with van der Waals surface area (Å²) in [4.78, 5) is 27.1. The molecular weight excluding hydrogens is 392 g/mol. The molecule has 1 saturated heterocycles. The second kappa shape index (κ2) is 9.96.